The van der Waals surface area contributed by atoms with Crippen LogP contribution in [0.2, 0.25) is 0 Å². The number of hydrogen-bond donors (Lipinski definition) is 4. The van der Waals surface area contributed by atoms with E-state index in [1.165, 1.54) is 244 Å². The fraction of sp³-hybridized carbons (Fsp3) is 0.881. The van der Waals surface area contributed by atoms with Crippen LogP contribution in [0.25, 0.3) is 0 Å². The monoisotopic (exact) mass is 1610 g/mol. The van der Waals surface area contributed by atoms with Gasteiger partial charge >= 0.3 is 23.9 Å². The number of carbonyl (C=O) groups excluding carboxylic acids is 4. The number of aliphatic hydroxyl groups excluding tert-OH is 2. The summed E-state index contributed by atoms with van der Waals surface area (Å²) in [5.74, 6) is -0.240. The van der Waals surface area contributed by atoms with Crippen molar-refractivity contribution in [3.8, 4) is 0 Å². The van der Waals surface area contributed by atoms with Crippen LogP contribution in [0.15, 0.2) is 48.6 Å². The van der Waals surface area contributed by atoms with Gasteiger partial charge in [-0.1, -0.05) is 295 Å². The van der Waals surface area contributed by atoms with E-state index in [0.29, 0.717) is 78.0 Å². The number of carbonyl (C=O) groups is 4. The molecule has 0 aliphatic carbocycles. The predicted molar refractivity (Wildman–Crippen MR) is 489 cm³/mol. The van der Waals surface area contributed by atoms with Gasteiger partial charge in [-0.25, -0.2) is 0 Å². The first-order valence-electron chi connectivity index (χ1n) is 49.8. The van der Waals surface area contributed by atoms with Crippen molar-refractivity contribution in [3.05, 3.63) is 48.6 Å². The van der Waals surface area contributed by atoms with E-state index in [-0.39, 0.29) is 35.7 Å². The maximum Gasteiger partial charge on any atom is 0.305 e. The second kappa shape index (κ2) is 93.5. The highest BCUT2D eigenvalue weighted by atomic mass is 16.5. The SMILES string of the molecule is CCCCCCCC/C=C\CCCCCCCC(=O)OCCCCCC(O)C(CCCCOC(=O)CCCCCCC/C=C\CCCCCCCC)CNCCN(C)CCNCC(CCCCOC(=O)CCCCCCC/C=C\CCCCCCCC)C(O)CCCCCOC(=O)CCCCCCC/C=C\CCCCCCCC. The number of likely N-dealkylation sites (N-methyl/N-ethyl adjacent to an activating group) is 1. The van der Waals surface area contributed by atoms with E-state index >= 15 is 0 Å². The number of nitrogens with zero attached hydrogens (tertiary/aromatic N) is 1. The van der Waals surface area contributed by atoms with Crippen LogP contribution in [0.4, 0.5) is 0 Å². The summed E-state index contributed by atoms with van der Waals surface area (Å²) < 4.78 is 22.6. The molecule has 114 heavy (non-hydrogen) atoms. The Morgan fingerprint density at radius 2 is 0.456 bits per heavy atom. The fourth-order valence-electron chi connectivity index (χ4n) is 15.2. The van der Waals surface area contributed by atoms with Crippen molar-refractivity contribution in [1.29, 1.82) is 0 Å². The minimum absolute atomic E-state index is 0.0691. The lowest BCUT2D eigenvalue weighted by atomic mass is 9.92. The molecule has 0 aliphatic heterocycles. The van der Waals surface area contributed by atoms with Gasteiger partial charge < -0.3 is 44.7 Å². The number of nitrogens with one attached hydrogen (secondary N) is 2. The summed E-state index contributed by atoms with van der Waals surface area (Å²) in [4.78, 5) is 52.8. The Kier molecular flexibility index (Phi) is 90.7. The molecule has 0 aromatic rings. The van der Waals surface area contributed by atoms with Gasteiger partial charge in [-0.15, -0.1) is 0 Å². The van der Waals surface area contributed by atoms with Gasteiger partial charge in [0.2, 0.25) is 0 Å². The number of aliphatic hydroxyl groups is 2. The Morgan fingerprint density at radius 1 is 0.263 bits per heavy atom. The van der Waals surface area contributed by atoms with Gasteiger partial charge in [0.25, 0.3) is 0 Å². The number of ether oxygens (including phenoxy) is 4. The molecule has 0 heterocycles. The predicted octanol–water partition coefficient (Wildman–Crippen LogP) is 27.8. The average Bonchev–Trinajstić information content (AvgIpc) is 0.942. The van der Waals surface area contributed by atoms with Crippen molar-refractivity contribution in [2.45, 2.75) is 489 Å². The summed E-state index contributed by atoms with van der Waals surface area (Å²) in [6, 6.07) is 0. The maximum absolute atomic E-state index is 12.7. The van der Waals surface area contributed by atoms with Crippen LogP contribution in [0, 0.1) is 11.8 Å². The molecule has 0 aromatic heterocycles. The number of allylic oxidation sites excluding steroid dienone is 8. The minimum Gasteiger partial charge on any atom is -0.466 e. The summed E-state index contributed by atoms with van der Waals surface area (Å²) >= 11 is 0. The molecule has 0 aromatic carbocycles. The van der Waals surface area contributed by atoms with Gasteiger partial charge in [-0.2, -0.15) is 0 Å². The molecule has 0 rings (SSSR count). The quantitative estimate of drug-likeness (QED) is 0.0196. The third kappa shape index (κ3) is 86.5. The zero-order valence-corrected chi connectivity index (χ0v) is 76.1. The van der Waals surface area contributed by atoms with Crippen molar-refractivity contribution < 1.29 is 48.3 Å². The largest absolute Gasteiger partial charge is 0.466 e. The van der Waals surface area contributed by atoms with Gasteiger partial charge in [0.1, 0.15) is 0 Å². The van der Waals surface area contributed by atoms with Crippen molar-refractivity contribution in [3.63, 3.8) is 0 Å². The van der Waals surface area contributed by atoms with E-state index in [0.717, 1.165) is 193 Å². The lowest BCUT2D eigenvalue weighted by Gasteiger charge is -2.25. The van der Waals surface area contributed by atoms with E-state index in [2.05, 4.69) is 98.9 Å². The van der Waals surface area contributed by atoms with Crippen LogP contribution in [-0.2, 0) is 38.1 Å². The number of esters is 4. The van der Waals surface area contributed by atoms with Crippen LogP contribution >= 0.6 is 0 Å². The molecule has 0 saturated heterocycles. The minimum atomic E-state index is -0.459. The Morgan fingerprint density at radius 3 is 0.693 bits per heavy atom. The first-order valence-corrected chi connectivity index (χ1v) is 49.8. The number of hydrogen-bond acceptors (Lipinski definition) is 13. The lowest BCUT2D eigenvalue weighted by Crippen LogP contribution is -2.39. The zero-order valence-electron chi connectivity index (χ0n) is 76.1. The highest BCUT2D eigenvalue weighted by molar-refractivity contribution is 5.70. The number of unbranched alkanes of at least 4 members (excludes halogenated alkanes) is 50. The molecule has 0 saturated carbocycles. The van der Waals surface area contributed by atoms with Gasteiger partial charge in [0.15, 0.2) is 0 Å². The Hall–Kier alpha value is -3.36. The Bertz CT molecular complexity index is 1970. The molecule has 4 N–H and O–H groups in total. The lowest BCUT2D eigenvalue weighted by molar-refractivity contribution is -0.144. The third-order valence-corrected chi connectivity index (χ3v) is 23.1. The standard InChI is InChI=1S/C101H191N3O10/c1-6-10-14-18-22-26-30-34-38-42-46-50-54-58-66-80-98(107)111-88-72-62-64-78-96(105)94(76-70-74-90-113-100(109)82-68-60-56-52-48-44-40-36-32-28-24-20-16-12-8-3)92-102-84-86-104(5)87-85-103-93-95(77-71-75-91-114-101(110)83-69-61-57-53-49-45-41-37-33-29-25-21-17-13-9-4)97(106)79-65-63-73-89-112-99(108)81-67-59-55-51-47-43-39-35-31-27-23-19-15-11-7-2/h34-41,94-97,102-103,105-106H,6-33,42-93H2,1-5H3/b38-34-,39-35-,40-36-,41-37-. The second-order valence-electron chi connectivity index (χ2n) is 34.3. The third-order valence-electron chi connectivity index (χ3n) is 23.1. The molecule has 0 fully saturated rings. The molecule has 4 atom stereocenters. The molecular formula is C101H191N3O10. The molecule has 0 amide bonds. The van der Waals surface area contributed by atoms with Crippen LogP contribution in [0.3, 0.4) is 0 Å². The molecule has 13 nitrogen and oxygen atoms in total. The molecule has 0 radical (unpaired) electrons. The summed E-state index contributed by atoms with van der Waals surface area (Å²) in [7, 11) is 2.15. The zero-order chi connectivity index (χ0) is 82.7. The molecular weight excluding hydrogens is 1420 g/mol. The first kappa shape index (κ1) is 111. The molecule has 0 bridgehead atoms. The van der Waals surface area contributed by atoms with E-state index in [4.69, 9.17) is 18.9 Å². The first-order chi connectivity index (χ1) is 56.1. The average molecular weight is 1610 g/mol. The Balaban J connectivity index is 5.19. The van der Waals surface area contributed by atoms with Gasteiger partial charge in [-0.05, 0) is 224 Å². The summed E-state index contributed by atoms with van der Waals surface area (Å²) in [6.45, 7) is 15.5. The van der Waals surface area contributed by atoms with Gasteiger partial charge in [0, 0.05) is 65.0 Å². The van der Waals surface area contributed by atoms with Crippen LogP contribution in [-0.4, -0.2) is 124 Å². The molecule has 0 aliphatic rings. The molecule has 670 valence electrons. The Labute approximate surface area is 706 Å². The van der Waals surface area contributed by atoms with Crippen LogP contribution in [0.5, 0.6) is 0 Å². The van der Waals surface area contributed by atoms with Gasteiger partial charge in [0.05, 0.1) is 38.6 Å². The molecule has 13 heteroatoms. The molecule has 4 unspecified atom stereocenters. The van der Waals surface area contributed by atoms with Crippen molar-refractivity contribution >= 4 is 23.9 Å². The van der Waals surface area contributed by atoms with Crippen molar-refractivity contribution in [2.75, 3.05) is 72.7 Å². The second-order valence-corrected chi connectivity index (χ2v) is 34.3. The fourth-order valence-corrected chi connectivity index (χ4v) is 15.2. The van der Waals surface area contributed by atoms with Gasteiger partial charge in [-0.3, -0.25) is 19.2 Å². The van der Waals surface area contributed by atoms with E-state index in [9.17, 15) is 29.4 Å². The number of rotatable bonds is 94. The smallest absolute Gasteiger partial charge is 0.305 e. The topological polar surface area (TPSA) is 173 Å². The highest BCUT2D eigenvalue weighted by Gasteiger charge is 2.21. The van der Waals surface area contributed by atoms with Crippen LogP contribution < -0.4 is 10.6 Å². The van der Waals surface area contributed by atoms with E-state index in [1.54, 1.807) is 0 Å². The van der Waals surface area contributed by atoms with E-state index in [1.807, 2.05) is 0 Å². The normalized spacial score (nSPS) is 13.1. The van der Waals surface area contributed by atoms with E-state index < -0.39 is 12.2 Å². The summed E-state index contributed by atoms with van der Waals surface area (Å²) in [5.41, 5.74) is 0. The highest BCUT2D eigenvalue weighted by Crippen LogP contribution is 2.23. The summed E-state index contributed by atoms with van der Waals surface area (Å²) in [5, 5.41) is 30.7. The van der Waals surface area contributed by atoms with Crippen molar-refractivity contribution in [2.24, 2.45) is 11.8 Å². The maximum atomic E-state index is 12.7. The summed E-state index contributed by atoms with van der Waals surface area (Å²) in [6.07, 6.45) is 95.5. The van der Waals surface area contributed by atoms with Crippen molar-refractivity contribution in [1.82, 2.24) is 15.5 Å². The molecule has 0 spiro atoms. The van der Waals surface area contributed by atoms with Crippen LogP contribution in [0.1, 0.15) is 477 Å².